The van der Waals surface area contributed by atoms with E-state index in [2.05, 4.69) is 10.6 Å². The summed E-state index contributed by atoms with van der Waals surface area (Å²) in [4.78, 5) is 40.7. The van der Waals surface area contributed by atoms with Gasteiger partial charge in [0.2, 0.25) is 11.8 Å². The Labute approximate surface area is 239 Å². The van der Waals surface area contributed by atoms with Crippen LogP contribution in [0.3, 0.4) is 0 Å². The van der Waals surface area contributed by atoms with Gasteiger partial charge in [-0.15, -0.1) is 0 Å². The van der Waals surface area contributed by atoms with Crippen molar-refractivity contribution in [1.29, 1.82) is 0 Å². The molecular weight excluding hydrogens is 528 g/mol. The highest BCUT2D eigenvalue weighted by atomic mass is 16.5. The lowest BCUT2D eigenvalue weighted by Gasteiger charge is -2.45. The second kappa shape index (κ2) is 12.3. The van der Waals surface area contributed by atoms with E-state index in [4.69, 9.17) is 24.7 Å². The SMILES string of the molecule is COc1cc2ccc1CNC(=O)CCc1ccc(OC)c(c1)OCC(=O)N[C@@H]1CN(C(=O)C3(N)CCC3)CC[C@@H]1O2. The molecule has 0 aromatic heterocycles. The number of rotatable bonds is 3. The molecule has 2 fully saturated rings. The molecule has 2 aromatic rings. The van der Waals surface area contributed by atoms with Crippen LogP contribution in [0.2, 0.25) is 0 Å². The minimum Gasteiger partial charge on any atom is -0.496 e. The average molecular weight is 567 g/mol. The Hall–Kier alpha value is -3.99. The molecule has 4 N–H and O–H groups in total. The summed E-state index contributed by atoms with van der Waals surface area (Å²) < 4.78 is 23.2. The van der Waals surface area contributed by atoms with E-state index < -0.39 is 17.7 Å². The van der Waals surface area contributed by atoms with Crippen LogP contribution < -0.4 is 35.3 Å². The molecule has 4 aliphatic rings. The molecule has 0 spiro atoms. The minimum absolute atomic E-state index is 0.0853. The van der Waals surface area contributed by atoms with Crippen LogP contribution in [0.5, 0.6) is 23.0 Å². The normalized spacial score (nSPS) is 22.7. The third kappa shape index (κ3) is 6.51. The Bertz CT molecular complexity index is 1300. The van der Waals surface area contributed by atoms with Crippen molar-refractivity contribution in [3.05, 3.63) is 47.5 Å². The third-order valence-electron chi connectivity index (χ3n) is 8.10. The summed E-state index contributed by atoms with van der Waals surface area (Å²) >= 11 is 0. The molecule has 3 heterocycles. The highest BCUT2D eigenvalue weighted by Crippen LogP contribution is 2.33. The monoisotopic (exact) mass is 566 g/mol. The maximum absolute atomic E-state index is 13.2. The number of hydrogen-bond acceptors (Lipinski definition) is 8. The molecule has 1 saturated carbocycles. The quantitative estimate of drug-likeness (QED) is 0.510. The molecule has 11 nitrogen and oxygen atoms in total. The number of nitrogens with zero attached hydrogens (tertiary/aromatic N) is 1. The van der Waals surface area contributed by atoms with Crippen molar-refractivity contribution in [2.24, 2.45) is 5.73 Å². The molecule has 2 atom stereocenters. The number of amides is 3. The van der Waals surface area contributed by atoms with Gasteiger partial charge in [0.15, 0.2) is 18.1 Å². The summed E-state index contributed by atoms with van der Waals surface area (Å²) in [6.07, 6.45) is 3.13. The highest BCUT2D eigenvalue weighted by Gasteiger charge is 2.45. The number of ether oxygens (including phenoxy) is 4. The molecule has 1 aliphatic carbocycles. The van der Waals surface area contributed by atoms with Crippen LogP contribution in [0, 0.1) is 0 Å². The number of benzene rings is 2. The molecule has 2 aromatic carbocycles. The van der Waals surface area contributed by atoms with Crippen molar-refractivity contribution in [3.8, 4) is 23.0 Å². The summed E-state index contributed by atoms with van der Waals surface area (Å²) in [6.45, 7) is 0.783. The van der Waals surface area contributed by atoms with Gasteiger partial charge in [0, 0.05) is 44.1 Å². The summed E-state index contributed by atoms with van der Waals surface area (Å²) in [5.41, 5.74) is 7.21. The van der Waals surface area contributed by atoms with E-state index in [1.165, 1.54) is 7.11 Å². The van der Waals surface area contributed by atoms with Gasteiger partial charge in [-0.1, -0.05) is 6.07 Å². The maximum atomic E-state index is 13.2. The Morgan fingerprint density at radius 1 is 1.05 bits per heavy atom. The van der Waals surface area contributed by atoms with E-state index in [-0.39, 0.29) is 37.3 Å². The van der Waals surface area contributed by atoms with Crippen LogP contribution in [-0.4, -0.2) is 74.2 Å². The zero-order valence-corrected chi connectivity index (χ0v) is 23.6. The smallest absolute Gasteiger partial charge is 0.258 e. The summed E-state index contributed by atoms with van der Waals surface area (Å²) in [6, 6.07) is 10.4. The van der Waals surface area contributed by atoms with Crippen molar-refractivity contribution in [2.75, 3.05) is 33.9 Å². The Morgan fingerprint density at radius 3 is 2.59 bits per heavy atom. The van der Waals surface area contributed by atoms with Crippen molar-refractivity contribution < 1.29 is 33.3 Å². The van der Waals surface area contributed by atoms with Crippen LogP contribution in [0.1, 0.15) is 43.2 Å². The van der Waals surface area contributed by atoms with Gasteiger partial charge in [0.05, 0.1) is 25.8 Å². The lowest BCUT2D eigenvalue weighted by Crippen LogP contribution is -2.65. The fourth-order valence-electron chi connectivity index (χ4n) is 5.52. The number of carbonyl (C=O) groups is 3. The molecule has 6 rings (SSSR count). The van der Waals surface area contributed by atoms with Crippen LogP contribution >= 0.6 is 0 Å². The second-order valence-electron chi connectivity index (χ2n) is 10.9. The van der Waals surface area contributed by atoms with E-state index in [1.807, 2.05) is 18.2 Å². The number of nitrogens with two attached hydrogens (primary N) is 1. The summed E-state index contributed by atoms with van der Waals surface area (Å²) in [7, 11) is 3.09. The lowest BCUT2D eigenvalue weighted by molar-refractivity contribution is -0.143. The standard InChI is InChI=1S/C30H38N4O7/c1-38-24-8-4-19-5-9-27(35)32-16-20-6-7-21(15-25(20)39-2)41-23-10-13-34(29(37)30(31)11-3-12-30)17-22(23)33-28(36)18-40-26(24)14-19/h4,6-8,14-15,22-23H,3,5,9-13,16-18,31H2,1-2H3,(H,32,35)(H,33,36)/t22-,23+/m1/s1. The zero-order chi connectivity index (χ0) is 29.0. The van der Waals surface area contributed by atoms with E-state index in [0.717, 1.165) is 17.5 Å². The van der Waals surface area contributed by atoms with Gasteiger partial charge in [0.1, 0.15) is 17.6 Å². The van der Waals surface area contributed by atoms with Gasteiger partial charge in [-0.2, -0.15) is 0 Å². The van der Waals surface area contributed by atoms with Crippen molar-refractivity contribution in [1.82, 2.24) is 15.5 Å². The van der Waals surface area contributed by atoms with Crippen molar-refractivity contribution in [2.45, 2.75) is 62.8 Å². The summed E-state index contributed by atoms with van der Waals surface area (Å²) in [5, 5.41) is 5.97. The Morgan fingerprint density at radius 2 is 1.85 bits per heavy atom. The molecule has 4 bridgehead atoms. The van der Waals surface area contributed by atoms with Gasteiger partial charge in [-0.05, 0) is 55.5 Å². The fourth-order valence-corrected chi connectivity index (χ4v) is 5.52. The number of likely N-dealkylation sites (tertiary alicyclic amines) is 1. The topological polar surface area (TPSA) is 141 Å². The predicted octanol–water partition coefficient (Wildman–Crippen LogP) is 1.69. The molecule has 3 aliphatic heterocycles. The molecular formula is C30H38N4O7. The second-order valence-corrected chi connectivity index (χ2v) is 10.9. The van der Waals surface area contributed by atoms with Crippen LogP contribution in [0.15, 0.2) is 36.4 Å². The van der Waals surface area contributed by atoms with E-state index in [1.54, 1.807) is 30.2 Å². The van der Waals surface area contributed by atoms with E-state index in [0.29, 0.717) is 61.8 Å². The number of aryl methyl sites for hydroxylation is 1. The predicted molar refractivity (Wildman–Crippen MR) is 150 cm³/mol. The first-order valence-electron chi connectivity index (χ1n) is 14.1. The lowest BCUT2D eigenvalue weighted by atomic mass is 9.76. The molecule has 1 saturated heterocycles. The molecule has 0 radical (unpaired) electrons. The minimum atomic E-state index is -0.824. The first-order valence-corrected chi connectivity index (χ1v) is 14.1. The van der Waals surface area contributed by atoms with Gasteiger partial charge < -0.3 is 40.2 Å². The highest BCUT2D eigenvalue weighted by molar-refractivity contribution is 5.87. The molecule has 0 unspecified atom stereocenters. The molecule has 3 amide bonds. The largest absolute Gasteiger partial charge is 0.496 e. The number of fused-ring (bicyclic) bond motifs is 9. The fraction of sp³-hybridized carbons (Fsp3) is 0.500. The zero-order valence-electron chi connectivity index (χ0n) is 23.6. The van der Waals surface area contributed by atoms with Crippen LogP contribution in [0.25, 0.3) is 0 Å². The Balaban J connectivity index is 1.41. The van der Waals surface area contributed by atoms with Gasteiger partial charge in [0.25, 0.3) is 5.91 Å². The van der Waals surface area contributed by atoms with Gasteiger partial charge in [-0.25, -0.2) is 0 Å². The first kappa shape index (κ1) is 28.5. The van der Waals surface area contributed by atoms with E-state index in [9.17, 15) is 14.4 Å². The van der Waals surface area contributed by atoms with Gasteiger partial charge >= 0.3 is 0 Å². The number of nitrogens with one attached hydrogen (secondary N) is 2. The molecule has 220 valence electrons. The Kier molecular flexibility index (Phi) is 8.53. The van der Waals surface area contributed by atoms with E-state index >= 15 is 0 Å². The number of carbonyl (C=O) groups excluding carboxylic acids is 3. The summed E-state index contributed by atoms with van der Waals surface area (Å²) in [5.74, 6) is 1.48. The molecule has 41 heavy (non-hydrogen) atoms. The number of hydrogen-bond donors (Lipinski definition) is 3. The maximum Gasteiger partial charge on any atom is 0.258 e. The van der Waals surface area contributed by atoms with Crippen molar-refractivity contribution in [3.63, 3.8) is 0 Å². The van der Waals surface area contributed by atoms with Crippen molar-refractivity contribution >= 4 is 17.7 Å². The van der Waals surface area contributed by atoms with Crippen LogP contribution in [0.4, 0.5) is 0 Å². The number of methoxy groups -OCH3 is 2. The van der Waals surface area contributed by atoms with Gasteiger partial charge in [-0.3, -0.25) is 14.4 Å². The third-order valence-corrected chi connectivity index (χ3v) is 8.10. The number of piperidine rings is 1. The average Bonchev–Trinajstić information content (AvgIpc) is 2.97. The molecule has 11 heteroatoms. The first-order chi connectivity index (χ1) is 19.8. The van der Waals surface area contributed by atoms with Crippen LogP contribution in [-0.2, 0) is 27.3 Å².